The van der Waals surface area contributed by atoms with Crippen LogP contribution in [0.15, 0.2) is 72.9 Å². The Kier molecular flexibility index (Phi) is 12.7. The van der Waals surface area contributed by atoms with Crippen molar-refractivity contribution in [2.24, 2.45) is 0 Å². The van der Waals surface area contributed by atoms with Gasteiger partial charge in [0.25, 0.3) is 0 Å². The number of carbonyl (C=O) groups excluding carboxylic acids is 2. The van der Waals surface area contributed by atoms with E-state index >= 15 is 0 Å². The minimum absolute atomic E-state index is 0.108. The van der Waals surface area contributed by atoms with Crippen molar-refractivity contribution in [3.05, 3.63) is 95.2 Å². The molecule has 1 aromatic heterocycles. The lowest BCUT2D eigenvalue weighted by atomic mass is 10.1. The summed E-state index contributed by atoms with van der Waals surface area (Å²) in [6, 6.07) is 20.2. The lowest BCUT2D eigenvalue weighted by Crippen LogP contribution is -2.27. The minimum atomic E-state index is -0.108. The second-order valence-electron chi connectivity index (χ2n) is 10.5. The number of rotatable bonds is 17. The highest BCUT2D eigenvalue weighted by atomic mass is 16.5. The lowest BCUT2D eigenvalue weighted by molar-refractivity contribution is -0.121. The number of amides is 2. The van der Waals surface area contributed by atoms with Crippen molar-refractivity contribution in [3.8, 4) is 40.4 Å². The number of hydrogen-bond acceptors (Lipinski definition) is 9. The number of hydrogen-bond donors (Lipinski definition) is 2. The van der Waals surface area contributed by atoms with Gasteiger partial charge in [0, 0.05) is 25.4 Å². The summed E-state index contributed by atoms with van der Waals surface area (Å²) in [5.41, 5.74) is 3.58. The van der Waals surface area contributed by atoms with Gasteiger partial charge in [-0.2, -0.15) is 0 Å². The van der Waals surface area contributed by atoms with E-state index in [4.69, 9.17) is 28.4 Å². The number of aromatic nitrogens is 1. The van der Waals surface area contributed by atoms with Gasteiger partial charge < -0.3 is 39.1 Å². The topological polar surface area (TPSA) is 126 Å². The Morgan fingerprint density at radius 3 is 1.45 bits per heavy atom. The maximum absolute atomic E-state index is 12.6. The molecule has 0 aliphatic rings. The zero-order valence-electron chi connectivity index (χ0n) is 27.4. The Morgan fingerprint density at radius 2 is 0.957 bits per heavy atom. The zero-order valence-corrected chi connectivity index (χ0v) is 27.4. The second kappa shape index (κ2) is 17.3. The van der Waals surface area contributed by atoms with Crippen LogP contribution in [-0.4, -0.2) is 65.4 Å². The molecule has 1 heterocycles. The van der Waals surface area contributed by atoms with Gasteiger partial charge in [0.2, 0.25) is 17.7 Å². The predicted octanol–water partition coefficient (Wildman–Crippen LogP) is 4.72. The predicted molar refractivity (Wildman–Crippen MR) is 177 cm³/mol. The highest BCUT2D eigenvalue weighted by molar-refractivity contribution is 5.79. The summed E-state index contributed by atoms with van der Waals surface area (Å²) in [5.74, 6) is 3.69. The quantitative estimate of drug-likeness (QED) is 0.168. The SMILES string of the molecule is COc1ccc(CCNC(=O)Cc2ccc(Oc3ccc(CC(=O)NCCc4ccc(OC)c(OC)c4)cc3OC)nc2)cc1OC. The lowest BCUT2D eigenvalue weighted by Gasteiger charge is -2.12. The van der Waals surface area contributed by atoms with E-state index in [0.29, 0.717) is 66.3 Å². The third kappa shape index (κ3) is 10.0. The molecule has 0 atom stereocenters. The number of pyridine rings is 1. The average molecular weight is 644 g/mol. The maximum atomic E-state index is 12.6. The first-order valence-electron chi connectivity index (χ1n) is 15.1. The van der Waals surface area contributed by atoms with E-state index in [0.717, 1.165) is 22.3 Å². The average Bonchev–Trinajstić information content (AvgIpc) is 3.09. The Balaban J connectivity index is 1.23. The Labute approximate surface area is 275 Å². The maximum Gasteiger partial charge on any atom is 0.224 e. The Morgan fingerprint density at radius 1 is 0.532 bits per heavy atom. The van der Waals surface area contributed by atoms with Gasteiger partial charge in [-0.15, -0.1) is 0 Å². The van der Waals surface area contributed by atoms with E-state index in [2.05, 4.69) is 15.6 Å². The molecule has 47 heavy (non-hydrogen) atoms. The minimum Gasteiger partial charge on any atom is -0.493 e. The first-order valence-corrected chi connectivity index (χ1v) is 15.1. The van der Waals surface area contributed by atoms with Crippen LogP contribution in [0, 0.1) is 0 Å². The van der Waals surface area contributed by atoms with Crippen molar-refractivity contribution in [2.45, 2.75) is 25.7 Å². The van der Waals surface area contributed by atoms with Gasteiger partial charge in [-0.3, -0.25) is 9.59 Å². The number of methoxy groups -OCH3 is 5. The zero-order chi connectivity index (χ0) is 33.6. The summed E-state index contributed by atoms with van der Waals surface area (Å²) in [4.78, 5) is 29.5. The molecule has 2 amide bonds. The summed E-state index contributed by atoms with van der Waals surface area (Å²) in [5, 5.41) is 5.89. The monoisotopic (exact) mass is 643 g/mol. The van der Waals surface area contributed by atoms with E-state index in [9.17, 15) is 9.59 Å². The molecule has 0 fully saturated rings. The third-order valence-corrected chi connectivity index (χ3v) is 7.34. The van der Waals surface area contributed by atoms with Gasteiger partial charge in [0.1, 0.15) is 0 Å². The molecule has 0 unspecified atom stereocenters. The molecule has 4 rings (SSSR count). The third-order valence-electron chi connectivity index (χ3n) is 7.34. The number of benzene rings is 3. The van der Waals surface area contributed by atoms with Crippen molar-refractivity contribution in [1.82, 2.24) is 15.6 Å². The van der Waals surface area contributed by atoms with Crippen LogP contribution in [0.2, 0.25) is 0 Å². The molecule has 0 saturated heterocycles. The molecule has 248 valence electrons. The van der Waals surface area contributed by atoms with Crippen LogP contribution >= 0.6 is 0 Å². The van der Waals surface area contributed by atoms with E-state index in [1.807, 2.05) is 42.5 Å². The van der Waals surface area contributed by atoms with Crippen molar-refractivity contribution in [3.63, 3.8) is 0 Å². The van der Waals surface area contributed by atoms with Crippen LogP contribution in [0.4, 0.5) is 0 Å². The fourth-order valence-corrected chi connectivity index (χ4v) is 4.86. The smallest absolute Gasteiger partial charge is 0.224 e. The van der Waals surface area contributed by atoms with Crippen molar-refractivity contribution in [2.75, 3.05) is 48.6 Å². The van der Waals surface area contributed by atoms with Crippen molar-refractivity contribution in [1.29, 1.82) is 0 Å². The van der Waals surface area contributed by atoms with Crippen LogP contribution in [0.1, 0.15) is 22.3 Å². The highest BCUT2D eigenvalue weighted by Crippen LogP contribution is 2.32. The van der Waals surface area contributed by atoms with Gasteiger partial charge in [-0.1, -0.05) is 24.3 Å². The normalized spacial score (nSPS) is 10.5. The molecule has 11 nitrogen and oxygen atoms in total. The molecule has 0 aliphatic heterocycles. The van der Waals surface area contributed by atoms with Crippen molar-refractivity contribution >= 4 is 11.8 Å². The Bertz CT molecular complexity index is 1640. The molecule has 0 aliphatic carbocycles. The van der Waals surface area contributed by atoms with Gasteiger partial charge in [0.15, 0.2) is 34.5 Å². The van der Waals surface area contributed by atoms with E-state index in [1.165, 1.54) is 7.11 Å². The van der Waals surface area contributed by atoms with E-state index < -0.39 is 0 Å². The van der Waals surface area contributed by atoms with Crippen LogP contribution in [0.5, 0.6) is 40.4 Å². The summed E-state index contributed by atoms with van der Waals surface area (Å²) in [6.07, 6.45) is 3.29. The first kappa shape index (κ1) is 34.4. The van der Waals surface area contributed by atoms with Gasteiger partial charge in [-0.25, -0.2) is 4.98 Å². The molecular weight excluding hydrogens is 602 g/mol. The molecule has 0 spiro atoms. The molecule has 0 radical (unpaired) electrons. The number of nitrogens with zero attached hydrogens (tertiary/aromatic N) is 1. The fraction of sp³-hybridized carbons (Fsp3) is 0.306. The number of ether oxygens (including phenoxy) is 6. The number of carbonyl (C=O) groups is 2. The van der Waals surface area contributed by atoms with Crippen LogP contribution < -0.4 is 39.1 Å². The molecule has 4 aromatic rings. The summed E-state index contributed by atoms with van der Waals surface area (Å²) >= 11 is 0. The summed E-state index contributed by atoms with van der Waals surface area (Å²) in [6.45, 7) is 0.967. The fourth-order valence-electron chi connectivity index (χ4n) is 4.86. The first-order chi connectivity index (χ1) is 22.8. The molecule has 0 saturated carbocycles. The Hall–Kier alpha value is -5.45. The molecule has 3 aromatic carbocycles. The van der Waals surface area contributed by atoms with Crippen molar-refractivity contribution < 1.29 is 38.0 Å². The number of nitrogens with one attached hydrogen (secondary N) is 2. The van der Waals surface area contributed by atoms with Crippen LogP contribution in [0.3, 0.4) is 0 Å². The molecule has 2 N–H and O–H groups in total. The summed E-state index contributed by atoms with van der Waals surface area (Å²) < 4.78 is 32.7. The second-order valence-corrected chi connectivity index (χ2v) is 10.5. The van der Waals surface area contributed by atoms with Crippen LogP contribution in [0.25, 0.3) is 0 Å². The molecule has 0 bridgehead atoms. The van der Waals surface area contributed by atoms with Gasteiger partial charge in [-0.05, 0) is 71.5 Å². The molecular formula is C36H41N3O8. The van der Waals surface area contributed by atoms with Gasteiger partial charge >= 0.3 is 0 Å². The highest BCUT2D eigenvalue weighted by Gasteiger charge is 2.12. The largest absolute Gasteiger partial charge is 0.493 e. The van der Waals surface area contributed by atoms with E-state index in [1.54, 1.807) is 58.9 Å². The van der Waals surface area contributed by atoms with E-state index in [-0.39, 0.29) is 24.7 Å². The van der Waals surface area contributed by atoms with Gasteiger partial charge in [0.05, 0.1) is 48.4 Å². The summed E-state index contributed by atoms with van der Waals surface area (Å²) in [7, 11) is 7.91. The molecule has 11 heteroatoms. The van der Waals surface area contributed by atoms with Crippen LogP contribution in [-0.2, 0) is 35.3 Å². The standard InChI is InChI=1S/C36H41N3O8/c1-42-28-10-6-24(18-31(28)44-3)14-16-37-34(40)21-26-8-12-30(33(20-26)46-5)47-36-13-9-27(23-39-36)22-35(41)38-17-15-25-7-11-29(43-2)32(19-25)45-4/h6-13,18-20,23H,14-17,21-22H2,1-5H3,(H,37,40)(H,38,41).